The number of rotatable bonds is 5. The quantitative estimate of drug-likeness (QED) is 0.643. The first-order valence-corrected chi connectivity index (χ1v) is 11.4. The summed E-state index contributed by atoms with van der Waals surface area (Å²) in [6.07, 6.45) is 1.30. The predicted octanol–water partition coefficient (Wildman–Crippen LogP) is 3.88. The third-order valence-corrected chi connectivity index (χ3v) is 7.75. The van der Waals surface area contributed by atoms with Crippen molar-refractivity contribution in [3.8, 4) is 0 Å². The van der Waals surface area contributed by atoms with Gasteiger partial charge in [0.05, 0.1) is 4.90 Å². The van der Waals surface area contributed by atoms with Crippen molar-refractivity contribution in [3.63, 3.8) is 0 Å². The van der Waals surface area contributed by atoms with Crippen LogP contribution >= 0.6 is 0 Å². The predicted molar refractivity (Wildman–Crippen MR) is 111 cm³/mol. The number of carboxylic acid groups (broad SMARTS) is 1. The molecule has 1 aliphatic heterocycles. The Bertz CT molecular complexity index is 1250. The van der Waals surface area contributed by atoms with Crippen molar-refractivity contribution in [2.75, 3.05) is 13.1 Å². The average Bonchev–Trinajstić information content (AvgIpc) is 2.98. The number of aromatic nitrogens is 1. The van der Waals surface area contributed by atoms with Gasteiger partial charge in [-0.1, -0.05) is 0 Å². The van der Waals surface area contributed by atoms with Gasteiger partial charge in [0.2, 0.25) is 10.0 Å². The highest BCUT2D eigenvalue weighted by Crippen LogP contribution is 2.38. The average molecular weight is 448 g/mol. The summed E-state index contributed by atoms with van der Waals surface area (Å²) in [6, 6.07) is 8.93. The molecule has 1 aliphatic rings. The van der Waals surface area contributed by atoms with E-state index in [-0.39, 0.29) is 23.9 Å². The summed E-state index contributed by atoms with van der Waals surface area (Å²) in [5, 5.41) is 9.91. The molecule has 0 spiro atoms. The summed E-state index contributed by atoms with van der Waals surface area (Å²) >= 11 is 0. The molecule has 0 saturated carbocycles. The highest BCUT2D eigenvalue weighted by Gasteiger charge is 2.33. The second kappa shape index (κ2) is 8.05. The van der Waals surface area contributed by atoms with E-state index in [0.717, 1.165) is 17.7 Å². The first-order valence-electron chi connectivity index (χ1n) is 9.94. The van der Waals surface area contributed by atoms with Crippen LogP contribution in [0.1, 0.15) is 30.0 Å². The summed E-state index contributed by atoms with van der Waals surface area (Å²) < 4.78 is 56.5. The number of benzene rings is 2. The molecule has 1 saturated heterocycles. The summed E-state index contributed by atoms with van der Waals surface area (Å²) in [7, 11) is -3.81. The highest BCUT2D eigenvalue weighted by molar-refractivity contribution is 7.89. The van der Waals surface area contributed by atoms with Crippen molar-refractivity contribution in [2.24, 2.45) is 0 Å². The van der Waals surface area contributed by atoms with E-state index in [1.807, 2.05) is 0 Å². The molecule has 0 radical (unpaired) electrons. The summed E-state index contributed by atoms with van der Waals surface area (Å²) in [4.78, 5) is 11.4. The molecule has 164 valence electrons. The Kier molecular flexibility index (Phi) is 5.57. The van der Waals surface area contributed by atoms with Gasteiger partial charge in [0.15, 0.2) is 0 Å². The molecule has 9 heteroatoms. The molecule has 2 aromatic carbocycles. The van der Waals surface area contributed by atoms with E-state index < -0.39 is 27.6 Å². The van der Waals surface area contributed by atoms with Gasteiger partial charge in [-0.25, -0.2) is 17.2 Å². The topological polar surface area (TPSA) is 79.6 Å². The van der Waals surface area contributed by atoms with Crippen molar-refractivity contribution >= 4 is 26.9 Å². The summed E-state index contributed by atoms with van der Waals surface area (Å²) in [6.45, 7) is 2.03. The minimum Gasteiger partial charge on any atom is -0.480 e. The molecular weight excluding hydrogens is 426 g/mol. The number of carboxylic acids is 1. The van der Waals surface area contributed by atoms with Gasteiger partial charge in [0.1, 0.15) is 18.2 Å². The van der Waals surface area contributed by atoms with Crippen LogP contribution in [0.4, 0.5) is 8.78 Å². The minimum absolute atomic E-state index is 0.0191. The van der Waals surface area contributed by atoms with E-state index >= 15 is 0 Å². The van der Waals surface area contributed by atoms with Crippen LogP contribution in [-0.4, -0.2) is 41.5 Å². The van der Waals surface area contributed by atoms with Gasteiger partial charge >= 0.3 is 5.97 Å². The number of piperidine rings is 1. The van der Waals surface area contributed by atoms with Crippen molar-refractivity contribution in [3.05, 3.63) is 65.4 Å². The first kappa shape index (κ1) is 21.5. The maximum absolute atomic E-state index is 14.0. The van der Waals surface area contributed by atoms with Crippen molar-refractivity contribution < 1.29 is 27.1 Å². The van der Waals surface area contributed by atoms with E-state index in [2.05, 4.69) is 0 Å². The molecule has 31 heavy (non-hydrogen) atoms. The molecule has 1 atom stereocenters. The van der Waals surface area contributed by atoms with Crippen LogP contribution in [0.5, 0.6) is 0 Å². The molecule has 1 N–H and O–H groups in total. The largest absolute Gasteiger partial charge is 0.480 e. The molecule has 0 aliphatic carbocycles. The van der Waals surface area contributed by atoms with Gasteiger partial charge in [0.25, 0.3) is 0 Å². The van der Waals surface area contributed by atoms with E-state index in [4.69, 9.17) is 0 Å². The SMILES string of the molecule is Cc1c(C2CCCN(S(=O)(=O)c3ccc(F)cc3)C2)c2cc(F)ccc2n1CC(=O)O. The van der Waals surface area contributed by atoms with Gasteiger partial charge in [0, 0.05) is 35.6 Å². The van der Waals surface area contributed by atoms with Crippen molar-refractivity contribution in [1.82, 2.24) is 8.87 Å². The third kappa shape index (κ3) is 3.95. The van der Waals surface area contributed by atoms with Crippen LogP contribution in [0.2, 0.25) is 0 Å². The standard InChI is InChI=1S/C22H22F2N2O4S/c1-14-22(19-11-17(24)6-9-20(19)26(14)13-21(27)28)15-3-2-10-25(12-15)31(29,30)18-7-4-16(23)5-8-18/h4-9,11,15H,2-3,10,12-13H2,1H3,(H,27,28). The monoisotopic (exact) mass is 448 g/mol. The van der Waals surface area contributed by atoms with E-state index in [1.165, 1.54) is 28.6 Å². The number of carbonyl (C=O) groups is 1. The van der Waals surface area contributed by atoms with Gasteiger partial charge in [-0.05, 0) is 67.8 Å². The van der Waals surface area contributed by atoms with Crippen molar-refractivity contribution in [2.45, 2.75) is 37.1 Å². The van der Waals surface area contributed by atoms with E-state index in [0.29, 0.717) is 36.0 Å². The maximum Gasteiger partial charge on any atom is 0.323 e. The first-order chi connectivity index (χ1) is 14.7. The van der Waals surface area contributed by atoms with Gasteiger partial charge in [-0.2, -0.15) is 4.31 Å². The number of halogens is 2. The van der Waals surface area contributed by atoms with Crippen LogP contribution in [0.3, 0.4) is 0 Å². The number of hydrogen-bond acceptors (Lipinski definition) is 3. The minimum atomic E-state index is -3.81. The maximum atomic E-state index is 14.0. The molecule has 0 amide bonds. The molecular formula is C22H22F2N2O4S. The number of hydrogen-bond donors (Lipinski definition) is 1. The number of sulfonamides is 1. The van der Waals surface area contributed by atoms with Crippen LogP contribution < -0.4 is 0 Å². The molecule has 3 aromatic rings. The Morgan fingerprint density at radius 2 is 1.81 bits per heavy atom. The Morgan fingerprint density at radius 1 is 1.13 bits per heavy atom. The van der Waals surface area contributed by atoms with Gasteiger partial charge in [-0.3, -0.25) is 4.79 Å². The van der Waals surface area contributed by atoms with E-state index in [9.17, 15) is 27.1 Å². The Hall–Kier alpha value is -2.78. The fourth-order valence-corrected chi connectivity index (χ4v) is 6.01. The highest BCUT2D eigenvalue weighted by atomic mass is 32.2. The van der Waals surface area contributed by atoms with Crippen LogP contribution in [0.15, 0.2) is 47.4 Å². The molecule has 2 heterocycles. The second-order valence-corrected chi connectivity index (χ2v) is 9.73. The van der Waals surface area contributed by atoms with Crippen LogP contribution in [0, 0.1) is 18.6 Å². The Labute approximate surface area is 178 Å². The summed E-state index contributed by atoms with van der Waals surface area (Å²) in [5.41, 5.74) is 2.07. The zero-order valence-electron chi connectivity index (χ0n) is 16.9. The molecule has 1 aromatic heterocycles. The second-order valence-electron chi connectivity index (χ2n) is 7.80. The number of fused-ring (bicyclic) bond motifs is 1. The van der Waals surface area contributed by atoms with Gasteiger partial charge in [-0.15, -0.1) is 0 Å². The van der Waals surface area contributed by atoms with Gasteiger partial charge < -0.3 is 9.67 Å². The molecule has 1 fully saturated rings. The Morgan fingerprint density at radius 3 is 2.48 bits per heavy atom. The smallest absolute Gasteiger partial charge is 0.323 e. The van der Waals surface area contributed by atoms with Crippen LogP contribution in [0.25, 0.3) is 10.9 Å². The molecule has 1 unspecified atom stereocenters. The number of nitrogens with zero attached hydrogens (tertiary/aromatic N) is 2. The fraction of sp³-hybridized carbons (Fsp3) is 0.318. The van der Waals surface area contributed by atoms with E-state index in [1.54, 1.807) is 17.6 Å². The lowest BCUT2D eigenvalue weighted by atomic mass is 9.89. The number of aliphatic carboxylic acids is 1. The molecule has 0 bridgehead atoms. The Balaban J connectivity index is 1.75. The normalized spacial score (nSPS) is 17.8. The molecule has 4 rings (SSSR count). The lowest BCUT2D eigenvalue weighted by molar-refractivity contribution is -0.137. The fourth-order valence-electron chi connectivity index (χ4n) is 4.49. The van der Waals surface area contributed by atoms with Crippen LogP contribution in [-0.2, 0) is 21.4 Å². The molecule has 6 nitrogen and oxygen atoms in total. The third-order valence-electron chi connectivity index (χ3n) is 5.87. The lowest BCUT2D eigenvalue weighted by Crippen LogP contribution is -2.39. The lowest BCUT2D eigenvalue weighted by Gasteiger charge is -2.32. The zero-order chi connectivity index (χ0) is 22.3. The van der Waals surface area contributed by atoms with Crippen molar-refractivity contribution in [1.29, 1.82) is 0 Å². The zero-order valence-corrected chi connectivity index (χ0v) is 17.7. The summed E-state index contributed by atoms with van der Waals surface area (Å²) in [5.74, 6) is -2.18.